The molecule has 1 amide bonds. The molecule has 0 aromatic heterocycles. The fourth-order valence-electron chi connectivity index (χ4n) is 10.8. The van der Waals surface area contributed by atoms with Gasteiger partial charge in [-0.1, -0.05) is 249 Å². The lowest BCUT2D eigenvalue weighted by Gasteiger charge is -2.40. The summed E-state index contributed by atoms with van der Waals surface area (Å²) in [7, 11) is 0. The molecule has 0 aliphatic carbocycles. The number of ether oxygens (including phenoxy) is 2. The molecule has 3 N–H and O–H groups in total. The molecule has 0 spiro atoms. The fraction of sp³-hybridized carbons (Fsp3) is 0.701. The maximum absolute atomic E-state index is 15.1. The van der Waals surface area contributed by atoms with Crippen LogP contribution >= 0.6 is 12.2 Å². The number of carboxylic acids is 1. The molecule has 3 rings (SSSR count). The van der Waals surface area contributed by atoms with Crippen LogP contribution in [-0.2, 0) is 29.5 Å². The van der Waals surface area contributed by atoms with Gasteiger partial charge < -0.3 is 24.8 Å². The number of carbonyl (C=O) groups excluding carboxylic acids is 2. The molecule has 1 aliphatic heterocycles. The minimum Gasteiger partial charge on any atom is -0.479 e. The number of aliphatic hydroxyl groups is 2. The van der Waals surface area contributed by atoms with Gasteiger partial charge in [0.1, 0.15) is 5.60 Å². The lowest BCUT2D eigenvalue weighted by atomic mass is 9.75. The van der Waals surface area contributed by atoms with Crippen LogP contribution in [-0.4, -0.2) is 72.0 Å². The normalized spacial score (nSPS) is 16.6. The molecular formula is C67H107F2NO8S. The summed E-state index contributed by atoms with van der Waals surface area (Å²) in [6.07, 6.45) is 33.6. The van der Waals surface area contributed by atoms with Crippen LogP contribution in [0.15, 0.2) is 85.0 Å². The maximum Gasteiger partial charge on any atom is 0.339 e. The van der Waals surface area contributed by atoms with Crippen molar-refractivity contribution in [2.24, 2.45) is 11.8 Å². The van der Waals surface area contributed by atoms with E-state index in [0.29, 0.717) is 51.4 Å². The number of carboxylic acid groups (broad SMARTS) is 1. The summed E-state index contributed by atoms with van der Waals surface area (Å²) in [5.74, 6) is -6.68. The number of alkyl halides is 2. The molecule has 4 atom stereocenters. The second kappa shape index (κ2) is 37.9. The number of aliphatic carboxylic acids is 1. The van der Waals surface area contributed by atoms with Crippen LogP contribution < -0.4 is 0 Å². The van der Waals surface area contributed by atoms with E-state index >= 15 is 4.79 Å². The second-order valence-electron chi connectivity index (χ2n) is 23.7. The summed E-state index contributed by atoms with van der Waals surface area (Å²) < 4.78 is 41.3. The number of carbonyl (C=O) groups is 3. The standard InChI is InChI=1S/C45H65F2NO5S.C22H42O3/c1-8-10-11-15-24-32-43(46,47)33-25-16-13-12-14-23-30-37(44(51,31-9-2)40(50)52-42(5,6)7)39(49)48-38(34(3)4)45(53-41(48)54,35-26-19-17-20-27-35)36-28-21-18-22-29-36;1-3-5-6-7-8-9-10-11-12-13-14-15-16-17-18-20-22(25,19-4-2)21(23)24/h17-23,26-30,34,37-38,51H,8-16,24-25,31-33H2,1-7H3;17-18,25H,3-16,19-20H2,1-2H3,(H,23,24)/b30-23+;/t37-,38+,44+;/m1./s1. The van der Waals surface area contributed by atoms with Gasteiger partial charge >= 0.3 is 11.9 Å². The van der Waals surface area contributed by atoms with E-state index in [2.05, 4.69) is 13.8 Å². The number of nitrogens with zero attached hydrogens (tertiary/aromatic N) is 1. The van der Waals surface area contributed by atoms with Gasteiger partial charge in [-0.25, -0.2) is 18.4 Å². The van der Waals surface area contributed by atoms with Gasteiger partial charge in [0.15, 0.2) is 16.8 Å². The Kier molecular flexibility index (Phi) is 34.1. The SMILES string of the molecule is CCCCCCCC(F)(F)CCCCCC/C=C/[C@H](C(=O)N1C(=S)OC(c2ccccc2)(c2ccccc2)[C@@H]1C(C)C)[C@@](O)(CCC)C(=O)OC(C)(C)C.CCCCCCCCCCCCCCC=CCC(O)(CCC)C(=O)O. The lowest BCUT2D eigenvalue weighted by molar-refractivity contribution is -0.185. The van der Waals surface area contributed by atoms with Crippen LogP contribution in [0.5, 0.6) is 0 Å². The highest BCUT2D eigenvalue weighted by Gasteiger charge is 2.60. The number of halogens is 2. The van der Waals surface area contributed by atoms with Crippen molar-refractivity contribution in [3.8, 4) is 0 Å². The Labute approximate surface area is 483 Å². The number of esters is 1. The maximum atomic E-state index is 15.1. The highest BCUT2D eigenvalue weighted by molar-refractivity contribution is 7.80. The molecular weight excluding hydrogens is 1020 g/mol. The van der Waals surface area contributed by atoms with Gasteiger partial charge in [0, 0.05) is 30.4 Å². The summed E-state index contributed by atoms with van der Waals surface area (Å²) in [5.41, 5.74) is -4.20. The highest BCUT2D eigenvalue weighted by Crippen LogP contribution is 2.48. The van der Waals surface area contributed by atoms with Crippen molar-refractivity contribution >= 4 is 35.2 Å². The van der Waals surface area contributed by atoms with Crippen LogP contribution in [0.3, 0.4) is 0 Å². The number of hydrogen-bond donors (Lipinski definition) is 3. The molecule has 2 aromatic carbocycles. The van der Waals surface area contributed by atoms with Gasteiger partial charge in [0.2, 0.25) is 11.8 Å². The largest absolute Gasteiger partial charge is 0.479 e. The fourth-order valence-corrected chi connectivity index (χ4v) is 11.2. The molecule has 9 nitrogen and oxygen atoms in total. The van der Waals surface area contributed by atoms with E-state index in [1.54, 1.807) is 26.8 Å². The van der Waals surface area contributed by atoms with Crippen molar-refractivity contribution in [1.29, 1.82) is 0 Å². The molecule has 0 bridgehead atoms. The van der Waals surface area contributed by atoms with Crippen molar-refractivity contribution in [2.45, 2.75) is 289 Å². The zero-order valence-corrected chi connectivity index (χ0v) is 51.3. The van der Waals surface area contributed by atoms with Crippen LogP contribution in [0.25, 0.3) is 0 Å². The minimum atomic E-state index is -2.63. The van der Waals surface area contributed by atoms with Crippen molar-refractivity contribution in [3.05, 3.63) is 96.1 Å². The monoisotopic (exact) mass is 1120 g/mol. The van der Waals surface area contributed by atoms with E-state index in [9.17, 15) is 28.6 Å². The molecule has 79 heavy (non-hydrogen) atoms. The van der Waals surface area contributed by atoms with E-state index in [0.717, 1.165) is 56.1 Å². The molecule has 1 fully saturated rings. The first kappa shape index (κ1) is 71.1. The molecule has 1 heterocycles. The Hall–Kier alpha value is -4.00. The smallest absolute Gasteiger partial charge is 0.339 e. The Balaban J connectivity index is 0.000000716. The van der Waals surface area contributed by atoms with E-state index in [1.807, 2.05) is 107 Å². The molecule has 0 radical (unpaired) electrons. The number of hydrogen-bond acceptors (Lipinski definition) is 8. The number of thiocarbonyl (C=S) groups is 1. The van der Waals surface area contributed by atoms with E-state index in [-0.39, 0.29) is 36.8 Å². The van der Waals surface area contributed by atoms with E-state index in [4.69, 9.17) is 26.8 Å². The Morgan fingerprint density at radius 2 is 1.06 bits per heavy atom. The molecule has 448 valence electrons. The van der Waals surface area contributed by atoms with E-state index in [1.165, 1.54) is 75.5 Å². The second-order valence-corrected chi connectivity index (χ2v) is 24.1. The van der Waals surface area contributed by atoms with Crippen LogP contribution in [0.1, 0.15) is 266 Å². The number of unbranched alkanes of at least 4 members (excludes halogenated alkanes) is 20. The zero-order valence-electron chi connectivity index (χ0n) is 50.5. The predicted molar refractivity (Wildman–Crippen MR) is 324 cm³/mol. The molecule has 2 aromatic rings. The van der Waals surface area contributed by atoms with E-state index < -0.39 is 58.1 Å². The summed E-state index contributed by atoms with van der Waals surface area (Å²) in [4.78, 5) is 41.6. The summed E-state index contributed by atoms with van der Waals surface area (Å²) in [6.45, 7) is 17.3. The number of allylic oxidation sites excluding steroid dienone is 2. The first-order valence-electron chi connectivity index (χ1n) is 30.9. The Bertz CT molecular complexity index is 2020. The third-order valence-electron chi connectivity index (χ3n) is 15.1. The lowest BCUT2D eigenvalue weighted by Crippen LogP contribution is -2.57. The predicted octanol–water partition coefficient (Wildman–Crippen LogP) is 18.1. The number of amides is 1. The Morgan fingerprint density at radius 1 is 0.633 bits per heavy atom. The van der Waals surface area contributed by atoms with Crippen molar-refractivity contribution < 1.29 is 48.0 Å². The van der Waals surface area contributed by atoms with Crippen LogP contribution in [0, 0.1) is 11.8 Å². The van der Waals surface area contributed by atoms with Gasteiger partial charge in [0.25, 0.3) is 5.17 Å². The topological polar surface area (TPSA) is 134 Å². The quantitative estimate of drug-likeness (QED) is 0.0258. The van der Waals surface area contributed by atoms with Gasteiger partial charge in [-0.3, -0.25) is 9.69 Å². The number of rotatable bonds is 40. The zero-order chi connectivity index (χ0) is 58.8. The van der Waals surface area contributed by atoms with Gasteiger partial charge in [-0.15, -0.1) is 0 Å². The first-order valence-corrected chi connectivity index (χ1v) is 31.3. The third-order valence-corrected chi connectivity index (χ3v) is 15.4. The third kappa shape index (κ3) is 24.9. The van der Waals surface area contributed by atoms with Gasteiger partial charge in [0.05, 0.1) is 12.0 Å². The van der Waals surface area contributed by atoms with Gasteiger partial charge in [-0.05, 0) is 90.3 Å². The average molecular weight is 1120 g/mol. The van der Waals surface area contributed by atoms with Gasteiger partial charge in [-0.2, -0.15) is 0 Å². The molecule has 12 heteroatoms. The number of benzene rings is 2. The van der Waals surface area contributed by atoms with Crippen molar-refractivity contribution in [3.63, 3.8) is 0 Å². The van der Waals surface area contributed by atoms with Crippen molar-refractivity contribution in [1.82, 2.24) is 4.90 Å². The van der Waals surface area contributed by atoms with Crippen molar-refractivity contribution in [2.75, 3.05) is 0 Å². The minimum absolute atomic E-state index is 0.0220. The summed E-state index contributed by atoms with van der Waals surface area (Å²) in [5, 5.41) is 31.4. The Morgan fingerprint density at radius 3 is 1.48 bits per heavy atom. The van der Waals surface area contributed by atoms with Crippen LogP contribution in [0.2, 0.25) is 0 Å². The van der Waals surface area contributed by atoms with Crippen LogP contribution in [0.4, 0.5) is 8.78 Å². The molecule has 1 unspecified atom stereocenters. The molecule has 1 aliphatic rings. The summed E-state index contributed by atoms with van der Waals surface area (Å²) in [6, 6.07) is 18.7. The summed E-state index contributed by atoms with van der Waals surface area (Å²) >= 11 is 5.89. The molecule has 0 saturated carbocycles. The molecule has 1 saturated heterocycles. The highest BCUT2D eigenvalue weighted by atomic mass is 32.1. The average Bonchev–Trinajstić information content (AvgIpc) is 3.97. The first-order chi connectivity index (χ1) is 37.6.